The van der Waals surface area contributed by atoms with Gasteiger partial charge in [0.05, 0.1) is 11.3 Å². The van der Waals surface area contributed by atoms with Crippen LogP contribution in [0, 0.1) is 3.57 Å². The fraction of sp³-hybridized carbons (Fsp3) is 0.0476. The Morgan fingerprint density at radius 1 is 1.07 bits per heavy atom. The Bertz CT molecular complexity index is 1220. The Labute approximate surface area is 187 Å². The monoisotopic (exact) mass is 539 g/mol. The number of aromatic nitrogens is 2. The minimum Gasteiger partial charge on any atom is -0.318 e. The van der Waals surface area contributed by atoms with E-state index >= 15 is 0 Å². The predicted molar refractivity (Wildman–Crippen MR) is 119 cm³/mol. The number of anilines is 1. The van der Waals surface area contributed by atoms with Crippen LogP contribution in [0.5, 0.6) is 0 Å². The summed E-state index contributed by atoms with van der Waals surface area (Å²) in [7, 11) is 0. The number of amides is 1. The molecule has 9 heteroatoms. The van der Waals surface area contributed by atoms with Gasteiger partial charge in [0.25, 0.3) is 5.91 Å². The Balaban J connectivity index is 1.63. The van der Waals surface area contributed by atoms with E-state index in [-0.39, 0.29) is 11.5 Å². The molecule has 0 saturated heterocycles. The first-order valence-electron chi connectivity index (χ1n) is 8.69. The normalized spacial score (nSPS) is 11.5. The van der Waals surface area contributed by atoms with Crippen molar-refractivity contribution in [3.05, 3.63) is 87.1 Å². The first-order valence-corrected chi connectivity index (χ1v) is 10.6. The van der Waals surface area contributed by atoms with Crippen molar-refractivity contribution in [3.8, 4) is 16.9 Å². The first-order chi connectivity index (χ1) is 14.3. The van der Waals surface area contributed by atoms with Gasteiger partial charge in [-0.05, 0) is 76.6 Å². The van der Waals surface area contributed by atoms with Crippen LogP contribution in [0.4, 0.5) is 18.9 Å². The molecule has 0 unspecified atom stereocenters. The van der Waals surface area contributed by atoms with Gasteiger partial charge in [-0.25, -0.2) is 0 Å². The summed E-state index contributed by atoms with van der Waals surface area (Å²) in [5, 5.41) is 4.38. The van der Waals surface area contributed by atoms with Gasteiger partial charge in [-0.15, -0.1) is 0 Å². The molecule has 4 nitrogen and oxygen atoms in total. The van der Waals surface area contributed by atoms with Crippen LogP contribution in [0.3, 0.4) is 0 Å². The SMILES string of the molecule is O=C(Nc1csnc1-c1cccc(C(F)(F)F)c1)c1cccn1-c1cccc(I)c1. The van der Waals surface area contributed by atoms with Crippen molar-refractivity contribution in [2.75, 3.05) is 5.32 Å². The van der Waals surface area contributed by atoms with Crippen LogP contribution in [-0.2, 0) is 6.18 Å². The number of alkyl halides is 3. The molecular formula is C21H13F3IN3OS. The third-order valence-corrected chi connectivity index (χ3v) is 5.65. The summed E-state index contributed by atoms with van der Waals surface area (Å²) in [6.07, 6.45) is -2.68. The van der Waals surface area contributed by atoms with Crippen molar-refractivity contribution in [1.29, 1.82) is 0 Å². The fourth-order valence-corrected chi connectivity index (χ4v) is 4.14. The second-order valence-corrected chi connectivity index (χ2v) is 8.23. The first kappa shape index (κ1) is 20.6. The molecule has 30 heavy (non-hydrogen) atoms. The van der Waals surface area contributed by atoms with Gasteiger partial charge in [-0.1, -0.05) is 18.2 Å². The zero-order valence-electron chi connectivity index (χ0n) is 15.2. The summed E-state index contributed by atoms with van der Waals surface area (Å²) in [5.41, 5.74) is 1.41. The lowest BCUT2D eigenvalue weighted by Crippen LogP contribution is -2.16. The van der Waals surface area contributed by atoms with E-state index in [9.17, 15) is 18.0 Å². The lowest BCUT2D eigenvalue weighted by Gasteiger charge is -2.11. The third kappa shape index (κ3) is 4.26. The van der Waals surface area contributed by atoms with Crippen molar-refractivity contribution in [1.82, 2.24) is 8.94 Å². The number of carbonyl (C=O) groups is 1. The van der Waals surface area contributed by atoms with Gasteiger partial charge in [-0.3, -0.25) is 4.79 Å². The number of hydrogen-bond acceptors (Lipinski definition) is 3. The molecule has 4 rings (SSSR count). The molecule has 0 aliphatic heterocycles. The molecule has 0 radical (unpaired) electrons. The second kappa shape index (κ2) is 8.23. The molecule has 0 atom stereocenters. The number of hydrogen-bond donors (Lipinski definition) is 1. The lowest BCUT2D eigenvalue weighted by molar-refractivity contribution is -0.137. The summed E-state index contributed by atoms with van der Waals surface area (Å²) in [5.74, 6) is -0.382. The highest BCUT2D eigenvalue weighted by molar-refractivity contribution is 14.1. The molecule has 4 aromatic rings. The zero-order valence-corrected chi connectivity index (χ0v) is 18.1. The Kier molecular flexibility index (Phi) is 5.65. The maximum Gasteiger partial charge on any atom is 0.416 e. The average Bonchev–Trinajstić information content (AvgIpc) is 3.37. The van der Waals surface area contributed by atoms with E-state index in [1.54, 1.807) is 28.3 Å². The van der Waals surface area contributed by atoms with Gasteiger partial charge < -0.3 is 9.88 Å². The minimum absolute atomic E-state index is 0.286. The summed E-state index contributed by atoms with van der Waals surface area (Å²) < 4.78 is 46.1. The largest absolute Gasteiger partial charge is 0.416 e. The van der Waals surface area contributed by atoms with E-state index in [1.165, 1.54) is 12.1 Å². The van der Waals surface area contributed by atoms with Crippen molar-refractivity contribution in [2.24, 2.45) is 0 Å². The number of carbonyl (C=O) groups excluding carboxylic acids is 1. The molecule has 2 aromatic carbocycles. The van der Waals surface area contributed by atoms with Gasteiger partial charge in [0.1, 0.15) is 11.4 Å². The van der Waals surface area contributed by atoms with E-state index in [0.29, 0.717) is 17.1 Å². The third-order valence-electron chi connectivity index (χ3n) is 4.35. The van der Waals surface area contributed by atoms with Crippen molar-refractivity contribution in [2.45, 2.75) is 6.18 Å². The summed E-state index contributed by atoms with van der Waals surface area (Å²) >= 11 is 3.26. The number of nitrogens with zero attached hydrogens (tertiary/aromatic N) is 2. The maximum atomic E-state index is 13.0. The molecule has 0 aliphatic carbocycles. The van der Waals surface area contributed by atoms with Crippen LogP contribution in [-0.4, -0.2) is 14.8 Å². The summed E-state index contributed by atoms with van der Waals surface area (Å²) in [6, 6.07) is 16.0. The number of benzene rings is 2. The van der Waals surface area contributed by atoms with E-state index in [2.05, 4.69) is 32.3 Å². The molecule has 0 aliphatic rings. The summed E-state index contributed by atoms with van der Waals surface area (Å²) in [6.45, 7) is 0. The van der Waals surface area contributed by atoms with Crippen LogP contribution < -0.4 is 5.32 Å². The Morgan fingerprint density at radius 3 is 2.63 bits per heavy atom. The van der Waals surface area contributed by atoms with E-state index < -0.39 is 11.7 Å². The molecule has 1 N–H and O–H groups in total. The van der Waals surface area contributed by atoms with Gasteiger partial charge in [-0.2, -0.15) is 17.5 Å². The topological polar surface area (TPSA) is 46.9 Å². The molecule has 1 amide bonds. The average molecular weight is 539 g/mol. The molecular weight excluding hydrogens is 526 g/mol. The lowest BCUT2D eigenvalue weighted by atomic mass is 10.1. The fourth-order valence-electron chi connectivity index (χ4n) is 2.98. The molecule has 2 aromatic heterocycles. The molecule has 0 spiro atoms. The summed E-state index contributed by atoms with van der Waals surface area (Å²) in [4.78, 5) is 12.9. The van der Waals surface area contributed by atoms with E-state index in [4.69, 9.17) is 0 Å². The van der Waals surface area contributed by atoms with Crippen LogP contribution in [0.1, 0.15) is 16.1 Å². The van der Waals surface area contributed by atoms with Gasteiger partial charge in [0.15, 0.2) is 0 Å². The Morgan fingerprint density at radius 2 is 1.87 bits per heavy atom. The van der Waals surface area contributed by atoms with Crippen molar-refractivity contribution in [3.63, 3.8) is 0 Å². The van der Waals surface area contributed by atoms with Crippen LogP contribution in [0.2, 0.25) is 0 Å². The smallest absolute Gasteiger partial charge is 0.318 e. The predicted octanol–water partition coefficient (Wildman–Crippen LogP) is 6.48. The molecule has 152 valence electrons. The maximum absolute atomic E-state index is 13.0. The van der Waals surface area contributed by atoms with Crippen LogP contribution >= 0.6 is 34.1 Å². The van der Waals surface area contributed by atoms with Gasteiger partial charge >= 0.3 is 6.18 Å². The molecule has 0 saturated carbocycles. The van der Waals surface area contributed by atoms with E-state index in [0.717, 1.165) is 32.9 Å². The van der Waals surface area contributed by atoms with Crippen LogP contribution in [0.25, 0.3) is 16.9 Å². The van der Waals surface area contributed by atoms with Gasteiger partial charge in [0.2, 0.25) is 0 Å². The van der Waals surface area contributed by atoms with Crippen molar-refractivity contribution >= 4 is 45.7 Å². The number of halogens is 4. The minimum atomic E-state index is -4.45. The molecule has 2 heterocycles. The zero-order chi connectivity index (χ0) is 21.3. The van der Waals surface area contributed by atoms with Crippen molar-refractivity contribution < 1.29 is 18.0 Å². The molecule has 0 fully saturated rings. The highest BCUT2D eigenvalue weighted by atomic mass is 127. The standard InChI is InChI=1S/C21H13F3IN3OS/c22-21(23,24)14-5-1-4-13(10-14)19-17(12-30-27-19)26-20(29)18-8-3-9-28(18)16-7-2-6-15(25)11-16/h1-12H,(H,26,29). The number of nitrogens with one attached hydrogen (secondary N) is 1. The van der Waals surface area contributed by atoms with E-state index in [1.807, 2.05) is 24.3 Å². The van der Waals surface area contributed by atoms with Crippen LogP contribution in [0.15, 0.2) is 72.2 Å². The Hall–Kier alpha value is -2.66. The second-order valence-electron chi connectivity index (χ2n) is 6.35. The highest BCUT2D eigenvalue weighted by Gasteiger charge is 2.30. The highest BCUT2D eigenvalue weighted by Crippen LogP contribution is 2.34. The number of rotatable bonds is 4. The quantitative estimate of drug-likeness (QED) is 0.302. The van der Waals surface area contributed by atoms with Gasteiger partial charge in [0, 0.05) is 26.4 Å². The molecule has 0 bridgehead atoms.